The molecule has 1 rings (SSSR count). The lowest BCUT2D eigenvalue weighted by atomic mass is 10.1. The molecule has 1 aromatic heterocycles. The van der Waals surface area contributed by atoms with Gasteiger partial charge < -0.3 is 5.32 Å². The Balaban J connectivity index is 2.80. The van der Waals surface area contributed by atoms with Crippen LogP contribution < -0.4 is 5.32 Å². The maximum Gasteiger partial charge on any atom is 0.168 e. The highest BCUT2D eigenvalue weighted by Gasteiger charge is 2.19. The molecule has 0 radical (unpaired) electrons. The normalized spacial score (nSPS) is 14.7. The van der Waals surface area contributed by atoms with E-state index >= 15 is 0 Å². The van der Waals surface area contributed by atoms with Gasteiger partial charge in [-0.05, 0) is 36.7 Å². The Bertz CT molecular complexity index is 323. The summed E-state index contributed by atoms with van der Waals surface area (Å²) in [6.45, 7) is 9.60. The Morgan fingerprint density at radius 3 is 2.56 bits per heavy atom. The molecule has 2 unspecified atom stereocenters. The lowest BCUT2D eigenvalue weighted by Crippen LogP contribution is -2.24. The smallest absolute Gasteiger partial charge is 0.168 e. The van der Waals surface area contributed by atoms with Gasteiger partial charge in [-0.2, -0.15) is 0 Å². The molecule has 1 N–H and O–H groups in total. The molecule has 0 amide bonds. The van der Waals surface area contributed by atoms with Crippen LogP contribution in [0.1, 0.15) is 77.7 Å². The molecule has 0 aliphatic heterocycles. The molecule has 0 fully saturated rings. The van der Waals surface area contributed by atoms with Crippen LogP contribution in [0.25, 0.3) is 0 Å². The zero-order chi connectivity index (χ0) is 13.4. The van der Waals surface area contributed by atoms with Gasteiger partial charge in [0.1, 0.15) is 0 Å². The van der Waals surface area contributed by atoms with Crippen molar-refractivity contribution in [3.8, 4) is 0 Å². The van der Waals surface area contributed by atoms with Gasteiger partial charge >= 0.3 is 0 Å². The zero-order valence-corrected chi connectivity index (χ0v) is 12.2. The Kier molecular flexibility index (Phi) is 6.86. The molecule has 18 heavy (non-hydrogen) atoms. The lowest BCUT2D eigenvalue weighted by molar-refractivity contribution is 0.353. The van der Waals surface area contributed by atoms with Crippen molar-refractivity contribution in [1.82, 2.24) is 25.5 Å². The number of hydrogen-bond donors (Lipinski definition) is 1. The highest BCUT2D eigenvalue weighted by atomic mass is 15.6. The number of unbranched alkanes of at least 4 members (excludes halogenated alkanes) is 1. The minimum Gasteiger partial charge on any atom is -0.308 e. The van der Waals surface area contributed by atoms with E-state index in [1.807, 2.05) is 4.68 Å². The second kappa shape index (κ2) is 8.19. The van der Waals surface area contributed by atoms with Gasteiger partial charge in [-0.15, -0.1) is 5.10 Å². The van der Waals surface area contributed by atoms with E-state index < -0.39 is 0 Å². The van der Waals surface area contributed by atoms with Crippen molar-refractivity contribution in [2.75, 3.05) is 6.54 Å². The van der Waals surface area contributed by atoms with E-state index in [9.17, 15) is 0 Å². The predicted octanol–water partition coefficient (Wildman–Crippen LogP) is 2.88. The van der Waals surface area contributed by atoms with E-state index in [1.54, 1.807) is 0 Å². The molecule has 5 heteroatoms. The predicted molar refractivity (Wildman–Crippen MR) is 73.4 cm³/mol. The van der Waals surface area contributed by atoms with E-state index in [0.717, 1.165) is 18.8 Å². The Hall–Kier alpha value is -0.970. The number of nitrogens with zero attached hydrogens (tertiary/aromatic N) is 4. The zero-order valence-electron chi connectivity index (χ0n) is 12.2. The number of rotatable bonds is 9. The van der Waals surface area contributed by atoms with E-state index in [0.29, 0.717) is 6.04 Å². The average Bonchev–Trinajstić information content (AvgIpc) is 2.84. The van der Waals surface area contributed by atoms with Crippen LogP contribution in [-0.4, -0.2) is 26.8 Å². The van der Waals surface area contributed by atoms with Crippen LogP contribution >= 0.6 is 0 Å². The van der Waals surface area contributed by atoms with E-state index in [2.05, 4.69) is 48.5 Å². The summed E-state index contributed by atoms with van der Waals surface area (Å²) in [5, 5.41) is 15.6. The van der Waals surface area contributed by atoms with Gasteiger partial charge in [-0.1, -0.05) is 40.0 Å². The van der Waals surface area contributed by atoms with Crippen molar-refractivity contribution in [2.45, 2.75) is 71.9 Å². The highest BCUT2D eigenvalue weighted by Crippen LogP contribution is 2.22. The largest absolute Gasteiger partial charge is 0.308 e. The van der Waals surface area contributed by atoms with Crippen LogP contribution in [0.15, 0.2) is 0 Å². The molecular weight excluding hydrogens is 226 g/mol. The van der Waals surface area contributed by atoms with Crippen LogP contribution in [0.2, 0.25) is 0 Å². The summed E-state index contributed by atoms with van der Waals surface area (Å²) in [5.41, 5.74) is 0. The first-order valence-corrected chi connectivity index (χ1v) is 7.25. The topological polar surface area (TPSA) is 55.6 Å². The second-order valence-electron chi connectivity index (χ2n) is 4.85. The van der Waals surface area contributed by atoms with Gasteiger partial charge in [0.2, 0.25) is 0 Å². The summed E-state index contributed by atoms with van der Waals surface area (Å²) in [5.74, 6) is 0.964. The van der Waals surface area contributed by atoms with Crippen molar-refractivity contribution >= 4 is 0 Å². The fourth-order valence-electron chi connectivity index (χ4n) is 2.31. The van der Waals surface area contributed by atoms with Crippen molar-refractivity contribution < 1.29 is 0 Å². The Labute approximate surface area is 110 Å². The van der Waals surface area contributed by atoms with Gasteiger partial charge in [0.25, 0.3) is 0 Å². The van der Waals surface area contributed by atoms with Crippen molar-refractivity contribution in [3.05, 3.63) is 5.82 Å². The SMILES string of the molecule is CCCCC(CCC)n1nnnc1C(C)NCC. The molecule has 1 aromatic rings. The average molecular weight is 253 g/mol. The van der Waals surface area contributed by atoms with Crippen molar-refractivity contribution in [1.29, 1.82) is 0 Å². The number of tetrazole rings is 1. The molecule has 0 spiro atoms. The summed E-state index contributed by atoms with van der Waals surface area (Å²) in [6, 6.07) is 0.659. The van der Waals surface area contributed by atoms with Crippen LogP contribution in [0, 0.1) is 0 Å². The van der Waals surface area contributed by atoms with Crippen molar-refractivity contribution in [3.63, 3.8) is 0 Å². The third kappa shape index (κ3) is 4.05. The van der Waals surface area contributed by atoms with Crippen LogP contribution in [0.5, 0.6) is 0 Å². The molecule has 1 heterocycles. The molecule has 0 saturated carbocycles. The first kappa shape index (κ1) is 15.1. The van der Waals surface area contributed by atoms with Crippen LogP contribution in [0.3, 0.4) is 0 Å². The maximum atomic E-state index is 4.21. The fraction of sp³-hybridized carbons (Fsp3) is 0.923. The minimum absolute atomic E-state index is 0.214. The molecule has 2 atom stereocenters. The van der Waals surface area contributed by atoms with Gasteiger partial charge in [-0.25, -0.2) is 4.68 Å². The standard InChI is InChI=1S/C13H27N5/c1-5-8-10-12(9-6-2)18-13(15-16-17-18)11(4)14-7-3/h11-12,14H,5-10H2,1-4H3. The minimum atomic E-state index is 0.214. The molecule has 0 aliphatic carbocycles. The summed E-state index contributed by atoms with van der Waals surface area (Å²) in [6.07, 6.45) is 5.95. The molecule has 5 nitrogen and oxygen atoms in total. The third-order valence-electron chi connectivity index (χ3n) is 3.27. The molecule has 0 saturated heterocycles. The van der Waals surface area contributed by atoms with Gasteiger partial charge in [0.05, 0.1) is 12.1 Å². The third-order valence-corrected chi connectivity index (χ3v) is 3.27. The number of hydrogen-bond acceptors (Lipinski definition) is 4. The Morgan fingerprint density at radius 2 is 1.94 bits per heavy atom. The van der Waals surface area contributed by atoms with Crippen molar-refractivity contribution in [2.24, 2.45) is 0 Å². The first-order valence-electron chi connectivity index (χ1n) is 7.25. The summed E-state index contributed by atoms with van der Waals surface area (Å²) < 4.78 is 2.03. The van der Waals surface area contributed by atoms with E-state index in [4.69, 9.17) is 0 Å². The Morgan fingerprint density at radius 1 is 1.17 bits per heavy atom. The maximum absolute atomic E-state index is 4.21. The molecule has 0 aliphatic rings. The van der Waals surface area contributed by atoms with Crippen LogP contribution in [0.4, 0.5) is 0 Å². The van der Waals surface area contributed by atoms with Gasteiger partial charge in [0.15, 0.2) is 5.82 Å². The number of nitrogens with one attached hydrogen (secondary N) is 1. The van der Waals surface area contributed by atoms with Gasteiger partial charge in [-0.3, -0.25) is 0 Å². The molecular formula is C13H27N5. The summed E-state index contributed by atoms with van der Waals surface area (Å²) in [7, 11) is 0. The van der Waals surface area contributed by atoms with Crippen LogP contribution in [-0.2, 0) is 0 Å². The highest BCUT2D eigenvalue weighted by molar-refractivity contribution is 4.91. The quantitative estimate of drug-likeness (QED) is 0.735. The lowest BCUT2D eigenvalue weighted by Gasteiger charge is -2.20. The van der Waals surface area contributed by atoms with E-state index in [-0.39, 0.29) is 6.04 Å². The summed E-state index contributed by atoms with van der Waals surface area (Å²) in [4.78, 5) is 0. The molecule has 0 bridgehead atoms. The second-order valence-corrected chi connectivity index (χ2v) is 4.85. The fourth-order valence-corrected chi connectivity index (χ4v) is 2.31. The first-order chi connectivity index (χ1) is 8.74. The summed E-state index contributed by atoms with van der Waals surface area (Å²) >= 11 is 0. The monoisotopic (exact) mass is 253 g/mol. The molecule has 104 valence electrons. The van der Waals surface area contributed by atoms with E-state index in [1.165, 1.54) is 25.7 Å². The molecule has 0 aromatic carbocycles. The van der Waals surface area contributed by atoms with Gasteiger partial charge in [0, 0.05) is 0 Å². The number of aromatic nitrogens is 4.